The minimum Gasteiger partial charge on any atom is -0.488 e. The van der Waals surface area contributed by atoms with E-state index < -0.39 is 5.97 Å². The first-order valence-electron chi connectivity index (χ1n) is 9.09. The zero-order chi connectivity index (χ0) is 19.5. The van der Waals surface area contributed by atoms with Gasteiger partial charge in [-0.05, 0) is 34.9 Å². The summed E-state index contributed by atoms with van der Waals surface area (Å²) >= 11 is 1.19. The molecular weight excluding hydrogens is 370 g/mol. The highest BCUT2D eigenvalue weighted by Crippen LogP contribution is 2.35. The van der Waals surface area contributed by atoms with Crippen LogP contribution < -0.4 is 4.74 Å². The molecule has 0 bridgehead atoms. The molecule has 0 fully saturated rings. The predicted molar refractivity (Wildman–Crippen MR) is 112 cm³/mol. The van der Waals surface area contributed by atoms with Crippen LogP contribution in [0.3, 0.4) is 0 Å². The first kappa shape index (κ1) is 18.2. The van der Waals surface area contributed by atoms with E-state index in [0.29, 0.717) is 34.4 Å². The molecule has 1 aromatic heterocycles. The molecule has 0 aliphatic carbocycles. The number of fused-ring (bicyclic) bond motifs is 1. The van der Waals surface area contributed by atoms with Crippen LogP contribution in [0.4, 0.5) is 0 Å². The van der Waals surface area contributed by atoms with Gasteiger partial charge in [0.25, 0.3) is 0 Å². The maximum absolute atomic E-state index is 11.5. The van der Waals surface area contributed by atoms with Gasteiger partial charge in [-0.1, -0.05) is 61.5 Å². The largest absolute Gasteiger partial charge is 0.488 e. The smallest absolute Gasteiger partial charge is 0.347 e. The summed E-state index contributed by atoms with van der Waals surface area (Å²) < 4.78 is 6.15. The second-order valence-corrected chi connectivity index (χ2v) is 7.38. The van der Waals surface area contributed by atoms with Gasteiger partial charge >= 0.3 is 5.97 Å². The van der Waals surface area contributed by atoms with Crippen molar-refractivity contribution in [3.63, 3.8) is 0 Å². The topological polar surface area (TPSA) is 59.4 Å². The molecule has 4 aromatic rings. The number of aromatic carboxylic acids is 1. The Bertz CT molecular complexity index is 1140. The molecule has 0 spiro atoms. The first-order valence-corrected chi connectivity index (χ1v) is 9.91. The summed E-state index contributed by atoms with van der Waals surface area (Å²) in [7, 11) is 0. The van der Waals surface area contributed by atoms with Crippen molar-refractivity contribution in [3.05, 3.63) is 82.9 Å². The number of aryl methyl sites for hydroxylation is 1. The maximum atomic E-state index is 11.5. The molecule has 0 aliphatic rings. The van der Waals surface area contributed by atoms with Crippen LogP contribution in [0.15, 0.2) is 66.7 Å². The number of hydrogen-bond acceptors (Lipinski definition) is 4. The summed E-state index contributed by atoms with van der Waals surface area (Å²) in [6.45, 7) is 2.34. The van der Waals surface area contributed by atoms with E-state index in [-0.39, 0.29) is 0 Å². The number of carbonyl (C=O) groups is 1. The molecule has 1 heterocycles. The van der Waals surface area contributed by atoms with Crippen molar-refractivity contribution < 1.29 is 14.6 Å². The number of aromatic nitrogens is 1. The van der Waals surface area contributed by atoms with Gasteiger partial charge in [-0.25, -0.2) is 9.78 Å². The molecular formula is C23H19NO3S. The van der Waals surface area contributed by atoms with E-state index in [1.54, 1.807) is 0 Å². The minimum absolute atomic E-state index is 0.293. The summed E-state index contributed by atoms with van der Waals surface area (Å²) in [6.07, 6.45) is 0.581. The number of benzene rings is 3. The Morgan fingerprint density at radius 2 is 1.79 bits per heavy atom. The van der Waals surface area contributed by atoms with E-state index in [1.165, 1.54) is 16.7 Å². The number of carboxylic acids is 1. The molecule has 0 amide bonds. The second kappa shape index (κ2) is 7.82. The van der Waals surface area contributed by atoms with Crippen LogP contribution in [0, 0.1) is 0 Å². The average molecular weight is 389 g/mol. The van der Waals surface area contributed by atoms with Crippen molar-refractivity contribution in [2.75, 3.05) is 0 Å². The van der Waals surface area contributed by atoms with E-state index in [4.69, 9.17) is 4.74 Å². The summed E-state index contributed by atoms with van der Waals surface area (Å²) in [5.41, 5.74) is 2.53. The Morgan fingerprint density at radius 3 is 2.57 bits per heavy atom. The van der Waals surface area contributed by atoms with Crippen molar-refractivity contribution in [2.24, 2.45) is 0 Å². The van der Waals surface area contributed by atoms with Gasteiger partial charge in [-0.15, -0.1) is 11.3 Å². The first-order chi connectivity index (χ1) is 13.7. The minimum atomic E-state index is -0.935. The Hall–Kier alpha value is -3.18. The van der Waals surface area contributed by atoms with Crippen LogP contribution in [0.25, 0.3) is 21.3 Å². The van der Waals surface area contributed by atoms with Crippen molar-refractivity contribution in [3.8, 4) is 16.3 Å². The highest BCUT2D eigenvalue weighted by atomic mass is 32.1. The Morgan fingerprint density at radius 1 is 1.04 bits per heavy atom. The van der Waals surface area contributed by atoms with Gasteiger partial charge in [0, 0.05) is 0 Å². The van der Waals surface area contributed by atoms with Crippen LogP contribution in [-0.2, 0) is 13.0 Å². The molecule has 140 valence electrons. The Kier molecular flexibility index (Phi) is 5.08. The molecule has 0 saturated carbocycles. The summed E-state index contributed by atoms with van der Waals surface area (Å²) in [4.78, 5) is 16.3. The highest BCUT2D eigenvalue weighted by Gasteiger charge is 2.19. The van der Waals surface area contributed by atoms with Crippen molar-refractivity contribution in [2.45, 2.75) is 20.0 Å². The molecule has 28 heavy (non-hydrogen) atoms. The number of hydrogen-bond donors (Lipinski definition) is 1. The predicted octanol–water partition coefficient (Wildman–Crippen LogP) is 5.80. The van der Waals surface area contributed by atoms with E-state index in [2.05, 4.69) is 29.2 Å². The molecule has 0 unspecified atom stereocenters. The monoisotopic (exact) mass is 389 g/mol. The normalized spacial score (nSPS) is 10.9. The van der Waals surface area contributed by atoms with Gasteiger partial charge in [0.15, 0.2) is 0 Å². The van der Waals surface area contributed by atoms with Crippen LogP contribution in [-0.4, -0.2) is 16.1 Å². The molecule has 4 rings (SSSR count). The number of nitrogens with zero attached hydrogens (tertiary/aromatic N) is 1. The van der Waals surface area contributed by atoms with Gasteiger partial charge in [0.1, 0.15) is 22.2 Å². The zero-order valence-electron chi connectivity index (χ0n) is 15.4. The molecule has 1 N–H and O–H groups in total. The fourth-order valence-electron chi connectivity index (χ4n) is 3.22. The lowest BCUT2D eigenvalue weighted by atomic mass is 10.1. The molecule has 0 aliphatic heterocycles. The average Bonchev–Trinajstić information content (AvgIpc) is 3.17. The van der Waals surface area contributed by atoms with Gasteiger partial charge in [0.2, 0.25) is 0 Å². The van der Waals surface area contributed by atoms with Crippen LogP contribution in [0.2, 0.25) is 0 Å². The summed E-state index contributed by atoms with van der Waals surface area (Å²) in [5, 5.41) is 12.4. The molecule has 0 saturated heterocycles. The lowest BCUT2D eigenvalue weighted by molar-refractivity contribution is 0.0701. The van der Waals surface area contributed by atoms with E-state index in [9.17, 15) is 9.90 Å². The van der Waals surface area contributed by atoms with Crippen molar-refractivity contribution in [1.29, 1.82) is 0 Å². The number of rotatable bonds is 6. The van der Waals surface area contributed by atoms with Gasteiger partial charge < -0.3 is 9.84 Å². The molecule has 3 aromatic carbocycles. The maximum Gasteiger partial charge on any atom is 0.347 e. The fourth-order valence-corrected chi connectivity index (χ4v) is 4.24. The third-order valence-corrected chi connectivity index (χ3v) is 5.73. The SMILES string of the molecule is CCc1nc(-c2ccccc2OCc2cccc3ccccc23)sc1C(=O)O. The van der Waals surface area contributed by atoms with Crippen molar-refractivity contribution in [1.82, 2.24) is 4.98 Å². The van der Waals surface area contributed by atoms with E-state index >= 15 is 0 Å². The number of thiazole rings is 1. The third kappa shape index (κ3) is 3.49. The molecule has 0 radical (unpaired) electrons. The van der Waals surface area contributed by atoms with Crippen LogP contribution in [0.5, 0.6) is 5.75 Å². The Balaban J connectivity index is 1.66. The lowest BCUT2D eigenvalue weighted by Gasteiger charge is -2.11. The molecule has 4 nitrogen and oxygen atoms in total. The second-order valence-electron chi connectivity index (χ2n) is 6.38. The number of ether oxygens (including phenoxy) is 1. The number of carboxylic acid groups (broad SMARTS) is 1. The van der Waals surface area contributed by atoms with Gasteiger partial charge in [-0.3, -0.25) is 0 Å². The van der Waals surface area contributed by atoms with Crippen LogP contribution in [0.1, 0.15) is 27.9 Å². The summed E-state index contributed by atoms with van der Waals surface area (Å²) in [5.74, 6) is -0.237. The highest BCUT2D eigenvalue weighted by molar-refractivity contribution is 7.17. The fraction of sp³-hybridized carbons (Fsp3) is 0.130. The number of para-hydroxylation sites is 1. The quantitative estimate of drug-likeness (QED) is 0.452. The van der Waals surface area contributed by atoms with E-state index in [1.807, 2.05) is 49.4 Å². The summed E-state index contributed by atoms with van der Waals surface area (Å²) in [6, 6.07) is 22.0. The van der Waals surface area contributed by atoms with Gasteiger partial charge in [-0.2, -0.15) is 0 Å². The Labute approximate surface area is 167 Å². The lowest BCUT2D eigenvalue weighted by Crippen LogP contribution is -1.98. The third-order valence-electron chi connectivity index (χ3n) is 4.61. The van der Waals surface area contributed by atoms with Crippen LogP contribution >= 0.6 is 11.3 Å². The standard InChI is InChI=1S/C23H19NO3S/c1-2-19-21(23(25)26)28-22(24-19)18-12-5-6-13-20(18)27-14-16-10-7-9-15-8-3-4-11-17(15)16/h3-13H,2,14H2,1H3,(H,25,26). The van der Waals surface area contributed by atoms with E-state index in [0.717, 1.165) is 16.5 Å². The zero-order valence-corrected chi connectivity index (χ0v) is 16.2. The molecule has 0 atom stereocenters. The molecule has 5 heteroatoms. The van der Waals surface area contributed by atoms with Gasteiger partial charge in [0.05, 0.1) is 11.3 Å². The van der Waals surface area contributed by atoms with Crippen molar-refractivity contribution >= 4 is 28.1 Å².